The van der Waals surface area contributed by atoms with Crippen LogP contribution in [0.15, 0.2) is 48.5 Å². The molecule has 0 heterocycles. The molecule has 2 rings (SSSR count). The third-order valence-electron chi connectivity index (χ3n) is 5.91. The average Bonchev–Trinajstić information content (AvgIpc) is 2.79. The molecular formula is C28H41N3O4S. The second-order valence-electron chi connectivity index (χ2n) is 9.85. The molecule has 0 radical (unpaired) electrons. The number of sulfonamides is 1. The minimum absolute atomic E-state index is 0.137. The van der Waals surface area contributed by atoms with Crippen LogP contribution < -0.4 is 9.62 Å². The molecule has 2 amide bonds. The van der Waals surface area contributed by atoms with Gasteiger partial charge in [0.05, 0.1) is 11.9 Å². The maximum absolute atomic E-state index is 13.4. The Morgan fingerprint density at radius 1 is 1.00 bits per heavy atom. The van der Waals surface area contributed by atoms with Crippen LogP contribution in [0, 0.1) is 19.8 Å². The summed E-state index contributed by atoms with van der Waals surface area (Å²) in [4.78, 5) is 28.1. The Hall–Kier alpha value is -2.87. The molecule has 1 atom stereocenters. The van der Waals surface area contributed by atoms with Gasteiger partial charge in [-0.05, 0) is 61.4 Å². The first kappa shape index (κ1) is 29.4. The molecule has 0 aromatic heterocycles. The molecule has 2 aromatic rings. The topological polar surface area (TPSA) is 86.8 Å². The van der Waals surface area contributed by atoms with E-state index in [2.05, 4.69) is 5.32 Å². The van der Waals surface area contributed by atoms with Crippen LogP contribution in [0.5, 0.6) is 0 Å². The van der Waals surface area contributed by atoms with Gasteiger partial charge in [-0.15, -0.1) is 0 Å². The van der Waals surface area contributed by atoms with E-state index in [1.54, 1.807) is 4.90 Å². The minimum atomic E-state index is -3.52. The van der Waals surface area contributed by atoms with Gasteiger partial charge in [0.15, 0.2) is 0 Å². The molecule has 0 saturated carbocycles. The monoisotopic (exact) mass is 515 g/mol. The van der Waals surface area contributed by atoms with Crippen molar-refractivity contribution in [1.29, 1.82) is 0 Å². The van der Waals surface area contributed by atoms with Gasteiger partial charge in [-0.2, -0.15) is 0 Å². The first-order valence-corrected chi connectivity index (χ1v) is 14.4. The number of anilines is 1. The summed E-state index contributed by atoms with van der Waals surface area (Å²) in [6, 6.07) is 14.7. The van der Waals surface area contributed by atoms with Crippen LogP contribution in [0.1, 0.15) is 56.7 Å². The number of benzene rings is 2. The summed E-state index contributed by atoms with van der Waals surface area (Å²) < 4.78 is 26.5. The lowest BCUT2D eigenvalue weighted by Crippen LogP contribution is -2.49. The van der Waals surface area contributed by atoms with Crippen LogP contribution in [-0.4, -0.2) is 50.5 Å². The Bertz CT molecular complexity index is 1100. The first-order valence-electron chi connectivity index (χ1n) is 12.6. The number of hydrogen-bond acceptors (Lipinski definition) is 4. The van der Waals surface area contributed by atoms with Crippen molar-refractivity contribution in [1.82, 2.24) is 10.2 Å². The molecule has 0 fully saturated rings. The van der Waals surface area contributed by atoms with E-state index in [1.807, 2.05) is 83.1 Å². The zero-order valence-corrected chi connectivity index (χ0v) is 23.3. The van der Waals surface area contributed by atoms with Crippen LogP contribution in [0.25, 0.3) is 0 Å². The third kappa shape index (κ3) is 8.97. The van der Waals surface area contributed by atoms with Crippen molar-refractivity contribution in [3.63, 3.8) is 0 Å². The van der Waals surface area contributed by atoms with E-state index >= 15 is 0 Å². The predicted molar refractivity (Wildman–Crippen MR) is 146 cm³/mol. The summed E-state index contributed by atoms with van der Waals surface area (Å²) in [5.74, 6) is -0.0280. The Kier molecular flexibility index (Phi) is 11.0. The lowest BCUT2D eigenvalue weighted by Gasteiger charge is -2.31. The first-order chi connectivity index (χ1) is 16.9. The normalized spacial score (nSPS) is 12.3. The van der Waals surface area contributed by atoms with E-state index in [0.29, 0.717) is 37.5 Å². The number of hydrogen-bond donors (Lipinski definition) is 1. The standard InChI is InChI=1S/C28H41N3O4S/c1-7-26(28(33)29-19-21(2)3)30(20-24-12-9-8-10-13-24)27(32)14-11-15-31(36(6,34)35)25-17-22(4)16-23(5)18-25/h8-10,12-13,16-18,21,26H,7,11,14-15,19-20H2,1-6H3,(H,29,33). The molecule has 0 aliphatic rings. The molecule has 8 heteroatoms. The van der Waals surface area contributed by atoms with Gasteiger partial charge in [0.2, 0.25) is 21.8 Å². The number of aryl methyl sites for hydroxylation is 2. The van der Waals surface area contributed by atoms with Crippen LogP contribution in [-0.2, 0) is 26.2 Å². The van der Waals surface area contributed by atoms with Crippen LogP contribution in [0.3, 0.4) is 0 Å². The highest BCUT2D eigenvalue weighted by molar-refractivity contribution is 7.92. The molecule has 0 aliphatic heterocycles. The van der Waals surface area contributed by atoms with Crippen LogP contribution >= 0.6 is 0 Å². The third-order valence-corrected chi connectivity index (χ3v) is 7.11. The average molecular weight is 516 g/mol. The van der Waals surface area contributed by atoms with E-state index in [1.165, 1.54) is 10.6 Å². The van der Waals surface area contributed by atoms with Crippen LogP contribution in [0.4, 0.5) is 5.69 Å². The zero-order chi connectivity index (χ0) is 26.9. The highest BCUT2D eigenvalue weighted by Gasteiger charge is 2.29. The van der Waals surface area contributed by atoms with E-state index in [0.717, 1.165) is 16.7 Å². The molecule has 0 saturated heterocycles. The van der Waals surface area contributed by atoms with E-state index < -0.39 is 16.1 Å². The Morgan fingerprint density at radius 2 is 1.61 bits per heavy atom. The summed E-state index contributed by atoms with van der Waals surface area (Å²) in [5, 5.41) is 2.96. The predicted octanol–water partition coefficient (Wildman–Crippen LogP) is 4.43. The number of rotatable bonds is 13. The number of amides is 2. The minimum Gasteiger partial charge on any atom is -0.354 e. The molecule has 2 aromatic carbocycles. The van der Waals surface area contributed by atoms with Crippen molar-refractivity contribution >= 4 is 27.5 Å². The van der Waals surface area contributed by atoms with Crippen molar-refractivity contribution in [2.24, 2.45) is 5.92 Å². The van der Waals surface area contributed by atoms with E-state index in [4.69, 9.17) is 0 Å². The van der Waals surface area contributed by atoms with Crippen molar-refractivity contribution in [2.45, 2.75) is 66.5 Å². The molecule has 198 valence electrons. The van der Waals surface area contributed by atoms with Gasteiger partial charge < -0.3 is 10.2 Å². The Labute approximate surface area is 216 Å². The molecular weight excluding hydrogens is 474 g/mol. The van der Waals surface area contributed by atoms with Gasteiger partial charge in [-0.25, -0.2) is 8.42 Å². The summed E-state index contributed by atoms with van der Waals surface area (Å²) in [7, 11) is -3.52. The SMILES string of the molecule is CCC(C(=O)NCC(C)C)N(Cc1ccccc1)C(=O)CCCN(c1cc(C)cc(C)c1)S(C)(=O)=O. The van der Waals surface area contributed by atoms with Crippen LogP contribution in [0.2, 0.25) is 0 Å². The van der Waals surface area contributed by atoms with Crippen molar-refractivity contribution in [2.75, 3.05) is 23.7 Å². The van der Waals surface area contributed by atoms with Gasteiger partial charge in [-0.1, -0.05) is 57.2 Å². The van der Waals surface area contributed by atoms with Gasteiger partial charge in [0.25, 0.3) is 0 Å². The van der Waals surface area contributed by atoms with Crippen molar-refractivity contribution in [3.05, 3.63) is 65.2 Å². The fourth-order valence-corrected chi connectivity index (χ4v) is 5.17. The number of nitrogens with zero attached hydrogens (tertiary/aromatic N) is 2. The van der Waals surface area contributed by atoms with E-state index in [-0.39, 0.29) is 24.8 Å². The number of carbonyl (C=O) groups excluding carboxylic acids is 2. The van der Waals surface area contributed by atoms with Crippen molar-refractivity contribution < 1.29 is 18.0 Å². The molecule has 1 unspecified atom stereocenters. The largest absolute Gasteiger partial charge is 0.354 e. The molecule has 36 heavy (non-hydrogen) atoms. The quantitative estimate of drug-likeness (QED) is 0.428. The molecule has 1 N–H and O–H groups in total. The molecule has 0 bridgehead atoms. The molecule has 7 nitrogen and oxygen atoms in total. The fraction of sp³-hybridized carbons (Fsp3) is 0.500. The summed E-state index contributed by atoms with van der Waals surface area (Å²) in [5.41, 5.74) is 3.49. The maximum Gasteiger partial charge on any atom is 0.242 e. The van der Waals surface area contributed by atoms with Gasteiger partial charge >= 0.3 is 0 Å². The summed E-state index contributed by atoms with van der Waals surface area (Å²) >= 11 is 0. The molecule has 0 aliphatic carbocycles. The number of carbonyl (C=O) groups is 2. The second kappa shape index (κ2) is 13.4. The maximum atomic E-state index is 13.4. The molecule has 0 spiro atoms. The second-order valence-corrected chi connectivity index (χ2v) is 11.8. The van der Waals surface area contributed by atoms with Gasteiger partial charge in [0, 0.05) is 26.1 Å². The van der Waals surface area contributed by atoms with E-state index in [9.17, 15) is 18.0 Å². The lowest BCUT2D eigenvalue weighted by molar-refractivity contribution is -0.141. The Morgan fingerprint density at radius 3 is 2.14 bits per heavy atom. The summed E-state index contributed by atoms with van der Waals surface area (Å²) in [6.07, 6.45) is 2.15. The summed E-state index contributed by atoms with van der Waals surface area (Å²) in [6.45, 7) is 10.9. The highest BCUT2D eigenvalue weighted by atomic mass is 32.2. The lowest BCUT2D eigenvalue weighted by atomic mass is 10.1. The van der Waals surface area contributed by atoms with Gasteiger partial charge in [0.1, 0.15) is 6.04 Å². The zero-order valence-electron chi connectivity index (χ0n) is 22.5. The number of nitrogens with one attached hydrogen (secondary N) is 1. The smallest absolute Gasteiger partial charge is 0.242 e. The highest BCUT2D eigenvalue weighted by Crippen LogP contribution is 2.22. The Balaban J connectivity index is 2.20. The van der Waals surface area contributed by atoms with Crippen molar-refractivity contribution in [3.8, 4) is 0 Å². The fourth-order valence-electron chi connectivity index (χ4n) is 4.22. The van der Waals surface area contributed by atoms with Gasteiger partial charge in [-0.3, -0.25) is 13.9 Å².